The molecule has 1 aliphatic heterocycles. The van der Waals surface area contributed by atoms with Crippen LogP contribution in [-0.4, -0.2) is 28.9 Å². The molecule has 0 saturated carbocycles. The second kappa shape index (κ2) is 4.84. The predicted molar refractivity (Wildman–Crippen MR) is 81.9 cm³/mol. The van der Waals surface area contributed by atoms with Gasteiger partial charge in [-0.25, -0.2) is 0 Å². The molecule has 0 unspecified atom stereocenters. The summed E-state index contributed by atoms with van der Waals surface area (Å²) >= 11 is 0. The van der Waals surface area contributed by atoms with Gasteiger partial charge in [0, 0.05) is 12.7 Å². The first kappa shape index (κ1) is 14.1. The molecule has 1 aromatic heterocycles. The average molecular weight is 297 g/mol. The number of carbonyl (C=O) groups is 2. The van der Waals surface area contributed by atoms with Crippen LogP contribution >= 0.6 is 0 Å². The molecule has 1 aliphatic rings. The second-order valence-corrected chi connectivity index (χ2v) is 5.28. The number of hydrogen-bond donors (Lipinski definition) is 1. The molecule has 6 nitrogen and oxygen atoms in total. The fourth-order valence-electron chi connectivity index (χ4n) is 2.51. The number of nitrogens with one attached hydrogen (secondary N) is 1. The van der Waals surface area contributed by atoms with Crippen LogP contribution in [0.2, 0.25) is 0 Å². The van der Waals surface area contributed by atoms with Crippen molar-refractivity contribution in [2.75, 3.05) is 12.1 Å². The molecule has 112 valence electrons. The normalized spacial score (nSPS) is 13.5. The van der Waals surface area contributed by atoms with Crippen LogP contribution in [-0.2, 0) is 0 Å². The number of aryl methyl sites for hydroxylation is 2. The summed E-state index contributed by atoms with van der Waals surface area (Å²) in [4.78, 5) is 39.7. The van der Waals surface area contributed by atoms with E-state index in [4.69, 9.17) is 0 Å². The van der Waals surface area contributed by atoms with Crippen molar-refractivity contribution in [2.45, 2.75) is 13.8 Å². The number of carbonyl (C=O) groups excluding carboxylic acids is 2. The van der Waals surface area contributed by atoms with Gasteiger partial charge in [-0.1, -0.05) is 12.1 Å². The largest absolute Gasteiger partial charge is 0.324 e. The highest BCUT2D eigenvalue weighted by Crippen LogP contribution is 2.25. The van der Waals surface area contributed by atoms with Crippen LogP contribution in [0, 0.1) is 13.8 Å². The number of rotatable bonds is 2. The number of imide groups is 1. The number of anilines is 1. The average Bonchev–Trinajstić information content (AvgIpc) is 2.75. The Morgan fingerprint density at radius 3 is 2.09 bits per heavy atom. The number of H-pyrrole nitrogens is 1. The van der Waals surface area contributed by atoms with Crippen LogP contribution in [0.1, 0.15) is 32.0 Å². The first-order valence-electron chi connectivity index (χ1n) is 6.84. The van der Waals surface area contributed by atoms with E-state index < -0.39 is 11.8 Å². The van der Waals surface area contributed by atoms with Crippen LogP contribution in [0.3, 0.4) is 0 Å². The maximum atomic E-state index is 12.4. The molecule has 3 rings (SSSR count). The zero-order chi connectivity index (χ0) is 16.0. The lowest BCUT2D eigenvalue weighted by Gasteiger charge is -2.27. The minimum absolute atomic E-state index is 0.248. The Labute approximate surface area is 127 Å². The van der Waals surface area contributed by atoms with Crippen LogP contribution in [0.5, 0.6) is 0 Å². The number of fused-ring (bicyclic) bond motifs is 1. The van der Waals surface area contributed by atoms with E-state index in [9.17, 15) is 14.4 Å². The van der Waals surface area contributed by atoms with E-state index >= 15 is 0 Å². The van der Waals surface area contributed by atoms with Crippen molar-refractivity contribution in [1.29, 1.82) is 0 Å². The molecule has 0 saturated heterocycles. The lowest BCUT2D eigenvalue weighted by atomic mass is 10.1. The molecule has 0 spiro atoms. The number of benzene rings is 1. The Morgan fingerprint density at radius 1 is 1.00 bits per heavy atom. The number of nitrogens with zero attached hydrogens (tertiary/aromatic N) is 2. The van der Waals surface area contributed by atoms with Gasteiger partial charge in [-0.15, -0.1) is 0 Å². The predicted octanol–water partition coefficient (Wildman–Crippen LogP) is 1.64. The van der Waals surface area contributed by atoms with E-state index in [1.54, 1.807) is 37.3 Å². The van der Waals surface area contributed by atoms with Gasteiger partial charge in [-0.3, -0.25) is 19.4 Å². The number of amides is 2. The summed E-state index contributed by atoms with van der Waals surface area (Å²) in [5.74, 6) is -0.860. The summed E-state index contributed by atoms with van der Waals surface area (Å²) in [6, 6.07) is 8.28. The van der Waals surface area contributed by atoms with E-state index in [1.165, 1.54) is 12.1 Å². The summed E-state index contributed by atoms with van der Waals surface area (Å²) in [5.41, 5.74) is 2.22. The molecule has 0 radical (unpaired) electrons. The van der Waals surface area contributed by atoms with E-state index in [-0.39, 0.29) is 11.2 Å². The minimum Gasteiger partial charge on any atom is -0.324 e. The van der Waals surface area contributed by atoms with Gasteiger partial charge in [0.1, 0.15) is 5.69 Å². The molecule has 2 amide bonds. The topological polar surface area (TPSA) is 73.5 Å². The van der Waals surface area contributed by atoms with Crippen molar-refractivity contribution in [3.05, 3.63) is 63.1 Å². The number of aromatic amines is 1. The SMILES string of the molecule is Cc1cc(N(C)N2C(=O)c3ccccc3C2=O)c(=O)[nH]c1C. The highest BCUT2D eigenvalue weighted by Gasteiger charge is 2.38. The van der Waals surface area contributed by atoms with Crippen molar-refractivity contribution in [3.63, 3.8) is 0 Å². The fraction of sp³-hybridized carbons (Fsp3) is 0.188. The molecule has 0 aliphatic carbocycles. The quantitative estimate of drug-likeness (QED) is 0.855. The molecule has 2 heterocycles. The van der Waals surface area contributed by atoms with E-state index in [0.29, 0.717) is 11.1 Å². The number of pyridine rings is 1. The summed E-state index contributed by atoms with van der Waals surface area (Å²) in [5, 5.41) is 2.29. The molecule has 2 aromatic rings. The van der Waals surface area contributed by atoms with Crippen molar-refractivity contribution < 1.29 is 9.59 Å². The van der Waals surface area contributed by atoms with Crippen LogP contribution in [0.25, 0.3) is 0 Å². The van der Waals surface area contributed by atoms with E-state index in [2.05, 4.69) is 4.98 Å². The molecule has 0 bridgehead atoms. The Kier molecular flexibility index (Phi) is 3.09. The Morgan fingerprint density at radius 2 is 1.55 bits per heavy atom. The van der Waals surface area contributed by atoms with Gasteiger partial charge in [0.25, 0.3) is 17.4 Å². The monoisotopic (exact) mass is 297 g/mol. The van der Waals surface area contributed by atoms with Gasteiger partial charge in [0.15, 0.2) is 0 Å². The Bertz CT molecular complexity index is 819. The third-order valence-corrected chi connectivity index (χ3v) is 3.90. The van der Waals surface area contributed by atoms with Crippen LogP contribution < -0.4 is 10.6 Å². The Hall–Kier alpha value is -2.89. The first-order chi connectivity index (χ1) is 10.4. The first-order valence-corrected chi connectivity index (χ1v) is 6.84. The molecule has 1 N–H and O–H groups in total. The molecular weight excluding hydrogens is 282 g/mol. The Balaban J connectivity index is 2.06. The second-order valence-electron chi connectivity index (χ2n) is 5.28. The van der Waals surface area contributed by atoms with Crippen molar-refractivity contribution >= 4 is 17.5 Å². The third-order valence-electron chi connectivity index (χ3n) is 3.90. The summed E-state index contributed by atoms with van der Waals surface area (Å²) in [7, 11) is 1.53. The molecule has 0 fully saturated rings. The zero-order valence-corrected chi connectivity index (χ0v) is 12.5. The van der Waals surface area contributed by atoms with E-state index in [1.807, 2.05) is 6.92 Å². The number of hydrazine groups is 1. The smallest absolute Gasteiger partial charge is 0.280 e. The molecule has 22 heavy (non-hydrogen) atoms. The van der Waals surface area contributed by atoms with Gasteiger partial charge < -0.3 is 4.98 Å². The van der Waals surface area contributed by atoms with Gasteiger partial charge in [0.2, 0.25) is 0 Å². The maximum Gasteiger partial charge on any atom is 0.280 e. The maximum absolute atomic E-state index is 12.4. The van der Waals surface area contributed by atoms with E-state index in [0.717, 1.165) is 16.3 Å². The standard InChI is InChI=1S/C16H15N3O3/c1-9-8-13(14(20)17-10(9)2)18(3)19-15(21)11-6-4-5-7-12(11)16(19)22/h4-8H,1-3H3,(H,17,20). The van der Waals surface area contributed by atoms with Crippen molar-refractivity contribution in [1.82, 2.24) is 9.99 Å². The highest BCUT2D eigenvalue weighted by atomic mass is 16.2. The summed E-state index contributed by atoms with van der Waals surface area (Å²) < 4.78 is 0. The van der Waals surface area contributed by atoms with Gasteiger partial charge in [-0.05, 0) is 37.6 Å². The summed E-state index contributed by atoms with van der Waals surface area (Å²) in [6.07, 6.45) is 0. The van der Waals surface area contributed by atoms with Crippen molar-refractivity contribution in [2.24, 2.45) is 0 Å². The van der Waals surface area contributed by atoms with Gasteiger partial charge in [0.05, 0.1) is 11.1 Å². The molecule has 0 atom stereocenters. The van der Waals surface area contributed by atoms with Crippen LogP contribution in [0.15, 0.2) is 35.1 Å². The van der Waals surface area contributed by atoms with Crippen LogP contribution in [0.4, 0.5) is 5.69 Å². The lowest BCUT2D eigenvalue weighted by Crippen LogP contribution is -2.46. The van der Waals surface area contributed by atoms with Crippen molar-refractivity contribution in [3.8, 4) is 0 Å². The minimum atomic E-state index is -0.430. The molecular formula is C16H15N3O3. The lowest BCUT2D eigenvalue weighted by molar-refractivity contribution is 0.0644. The van der Waals surface area contributed by atoms with Gasteiger partial charge in [-0.2, -0.15) is 5.01 Å². The third kappa shape index (κ3) is 1.92. The zero-order valence-electron chi connectivity index (χ0n) is 12.5. The fourth-order valence-corrected chi connectivity index (χ4v) is 2.51. The number of aromatic nitrogens is 1. The van der Waals surface area contributed by atoms with Gasteiger partial charge >= 0.3 is 0 Å². The highest BCUT2D eigenvalue weighted by molar-refractivity contribution is 6.22. The molecule has 1 aromatic carbocycles. The number of hydrogen-bond acceptors (Lipinski definition) is 4. The molecule has 6 heteroatoms. The summed E-state index contributed by atoms with van der Waals surface area (Å²) in [6.45, 7) is 3.65.